The van der Waals surface area contributed by atoms with Crippen LogP contribution in [0.3, 0.4) is 0 Å². The zero-order chi connectivity index (χ0) is 16.2. The molecule has 0 amide bonds. The van der Waals surface area contributed by atoms with Crippen LogP contribution in [0.25, 0.3) is 0 Å². The van der Waals surface area contributed by atoms with Crippen LogP contribution in [0, 0.1) is 0 Å². The summed E-state index contributed by atoms with van der Waals surface area (Å²) in [4.78, 5) is 0.207. The lowest BCUT2D eigenvalue weighted by atomic mass is 10.1. The fourth-order valence-electron chi connectivity index (χ4n) is 2.10. The van der Waals surface area contributed by atoms with Crippen LogP contribution in [0.5, 0.6) is 5.75 Å². The Morgan fingerprint density at radius 3 is 2.23 bits per heavy atom. The van der Waals surface area contributed by atoms with E-state index >= 15 is 0 Å². The molecule has 0 aliphatic heterocycles. The zero-order valence-corrected chi connectivity index (χ0v) is 14.0. The highest BCUT2D eigenvalue weighted by Gasteiger charge is 2.17. The Labute approximate surface area is 136 Å². The van der Waals surface area contributed by atoms with E-state index in [1.54, 1.807) is 19.2 Å². The third-order valence-corrected chi connectivity index (χ3v) is 5.04. The predicted octanol–water partition coefficient (Wildman–Crippen LogP) is 3.26. The summed E-state index contributed by atoms with van der Waals surface area (Å²) in [6, 6.07) is 13.4. The molecule has 2 aromatic rings. The number of benzene rings is 2. The van der Waals surface area contributed by atoms with Gasteiger partial charge in [-0.05, 0) is 55.3 Å². The second kappa shape index (κ2) is 7.13. The Balaban J connectivity index is 2.03. The number of nitrogens with one attached hydrogen (secondary N) is 1. The zero-order valence-electron chi connectivity index (χ0n) is 12.4. The van der Waals surface area contributed by atoms with E-state index in [1.165, 1.54) is 12.1 Å². The molecule has 0 aliphatic rings. The average Bonchev–Trinajstić information content (AvgIpc) is 2.48. The van der Waals surface area contributed by atoms with Gasteiger partial charge in [0.05, 0.1) is 12.0 Å². The highest BCUT2D eigenvalue weighted by atomic mass is 35.5. The lowest BCUT2D eigenvalue weighted by Crippen LogP contribution is -2.34. The molecule has 0 bridgehead atoms. The number of sulfonamides is 1. The van der Waals surface area contributed by atoms with E-state index in [0.29, 0.717) is 11.4 Å². The van der Waals surface area contributed by atoms with Crippen molar-refractivity contribution in [3.8, 4) is 5.75 Å². The summed E-state index contributed by atoms with van der Waals surface area (Å²) >= 11 is 5.77. The molecule has 0 spiro atoms. The molecule has 0 fully saturated rings. The van der Waals surface area contributed by atoms with Crippen LogP contribution in [0.2, 0.25) is 5.02 Å². The van der Waals surface area contributed by atoms with Crippen molar-refractivity contribution in [3.63, 3.8) is 0 Å². The lowest BCUT2D eigenvalue weighted by molar-refractivity contribution is 0.414. The highest BCUT2D eigenvalue weighted by Crippen LogP contribution is 2.16. The molecule has 2 aromatic carbocycles. The minimum atomic E-state index is -3.54. The first-order valence-electron chi connectivity index (χ1n) is 6.81. The highest BCUT2D eigenvalue weighted by molar-refractivity contribution is 7.89. The van der Waals surface area contributed by atoms with Gasteiger partial charge in [0.2, 0.25) is 10.0 Å². The topological polar surface area (TPSA) is 55.4 Å². The molecule has 1 atom stereocenters. The summed E-state index contributed by atoms with van der Waals surface area (Å²) in [6.07, 6.45) is 0.594. The number of hydrogen-bond donors (Lipinski definition) is 1. The summed E-state index contributed by atoms with van der Waals surface area (Å²) in [5, 5.41) is 0.505. The van der Waals surface area contributed by atoms with Gasteiger partial charge in [0.15, 0.2) is 0 Å². The van der Waals surface area contributed by atoms with Gasteiger partial charge in [-0.3, -0.25) is 0 Å². The third kappa shape index (κ3) is 4.47. The van der Waals surface area contributed by atoms with E-state index in [-0.39, 0.29) is 10.9 Å². The van der Waals surface area contributed by atoms with Gasteiger partial charge in [0, 0.05) is 11.1 Å². The molecule has 0 aromatic heterocycles. The molecule has 0 aliphatic carbocycles. The van der Waals surface area contributed by atoms with Gasteiger partial charge >= 0.3 is 0 Å². The van der Waals surface area contributed by atoms with Gasteiger partial charge in [-0.25, -0.2) is 13.1 Å². The maximum Gasteiger partial charge on any atom is 0.240 e. The van der Waals surface area contributed by atoms with Gasteiger partial charge in [-0.15, -0.1) is 0 Å². The van der Waals surface area contributed by atoms with Crippen LogP contribution in [-0.2, 0) is 16.4 Å². The fourth-order valence-corrected chi connectivity index (χ4v) is 3.47. The van der Waals surface area contributed by atoms with Crippen LogP contribution < -0.4 is 9.46 Å². The molecule has 0 radical (unpaired) electrons. The van der Waals surface area contributed by atoms with Crippen molar-refractivity contribution in [2.45, 2.75) is 24.3 Å². The number of halogens is 1. The second-order valence-corrected chi connectivity index (χ2v) is 7.18. The summed E-state index contributed by atoms with van der Waals surface area (Å²) in [6.45, 7) is 1.83. The fraction of sp³-hybridized carbons (Fsp3) is 0.250. The van der Waals surface area contributed by atoms with E-state index in [1.807, 2.05) is 31.2 Å². The van der Waals surface area contributed by atoms with Crippen molar-refractivity contribution >= 4 is 21.6 Å². The minimum absolute atomic E-state index is 0.207. The van der Waals surface area contributed by atoms with Crippen molar-refractivity contribution in [3.05, 3.63) is 59.1 Å². The monoisotopic (exact) mass is 339 g/mol. The Morgan fingerprint density at radius 1 is 1.09 bits per heavy atom. The van der Waals surface area contributed by atoms with Crippen LogP contribution in [0.4, 0.5) is 0 Å². The van der Waals surface area contributed by atoms with Crippen molar-refractivity contribution in [1.29, 1.82) is 0 Å². The SMILES string of the molecule is COc1ccc(CC(C)NS(=O)(=O)c2ccc(Cl)cc2)cc1. The lowest BCUT2D eigenvalue weighted by Gasteiger charge is -2.14. The predicted molar refractivity (Wildman–Crippen MR) is 87.9 cm³/mol. The largest absolute Gasteiger partial charge is 0.497 e. The molecule has 118 valence electrons. The van der Waals surface area contributed by atoms with Gasteiger partial charge < -0.3 is 4.74 Å². The smallest absolute Gasteiger partial charge is 0.240 e. The molecule has 1 unspecified atom stereocenters. The maximum atomic E-state index is 12.3. The second-order valence-electron chi connectivity index (χ2n) is 5.03. The van der Waals surface area contributed by atoms with Gasteiger partial charge in [-0.2, -0.15) is 0 Å². The quantitative estimate of drug-likeness (QED) is 0.878. The summed E-state index contributed by atoms with van der Waals surface area (Å²) < 4.78 is 32.3. The first kappa shape index (κ1) is 16.8. The van der Waals surface area contributed by atoms with Crippen molar-refractivity contribution in [2.75, 3.05) is 7.11 Å². The van der Waals surface area contributed by atoms with Gasteiger partial charge in [0.25, 0.3) is 0 Å². The number of ether oxygens (including phenoxy) is 1. The number of rotatable bonds is 6. The molecule has 6 heteroatoms. The summed E-state index contributed by atoms with van der Waals surface area (Å²) in [7, 11) is -1.93. The van der Waals surface area contributed by atoms with E-state index in [9.17, 15) is 8.42 Å². The van der Waals surface area contributed by atoms with Crippen LogP contribution >= 0.6 is 11.6 Å². The van der Waals surface area contributed by atoms with Gasteiger partial charge in [-0.1, -0.05) is 23.7 Å². The van der Waals surface area contributed by atoms with Crippen LogP contribution in [0.1, 0.15) is 12.5 Å². The average molecular weight is 340 g/mol. The van der Waals surface area contributed by atoms with E-state index in [4.69, 9.17) is 16.3 Å². The molecule has 0 saturated carbocycles. The van der Waals surface area contributed by atoms with Crippen LogP contribution in [0.15, 0.2) is 53.4 Å². The maximum absolute atomic E-state index is 12.3. The standard InChI is InChI=1S/C16H18ClNO3S/c1-12(11-13-3-7-15(21-2)8-4-13)18-22(19,20)16-9-5-14(17)6-10-16/h3-10,12,18H,11H2,1-2H3. The minimum Gasteiger partial charge on any atom is -0.497 e. The van der Waals surface area contributed by atoms with E-state index in [2.05, 4.69) is 4.72 Å². The van der Waals surface area contributed by atoms with E-state index in [0.717, 1.165) is 11.3 Å². The van der Waals surface area contributed by atoms with Crippen molar-refractivity contribution in [1.82, 2.24) is 4.72 Å². The normalized spacial score (nSPS) is 12.9. The Kier molecular flexibility index (Phi) is 5.45. The summed E-state index contributed by atoms with van der Waals surface area (Å²) in [5.74, 6) is 0.776. The molecule has 22 heavy (non-hydrogen) atoms. The molecular weight excluding hydrogens is 322 g/mol. The molecule has 0 saturated heterocycles. The molecule has 1 N–H and O–H groups in total. The molecular formula is C16H18ClNO3S. The van der Waals surface area contributed by atoms with Crippen molar-refractivity contribution < 1.29 is 13.2 Å². The van der Waals surface area contributed by atoms with Crippen molar-refractivity contribution in [2.24, 2.45) is 0 Å². The Hall–Kier alpha value is -1.56. The molecule has 2 rings (SSSR count). The van der Waals surface area contributed by atoms with Gasteiger partial charge in [0.1, 0.15) is 5.75 Å². The Bertz CT molecular complexity index is 712. The number of methoxy groups -OCH3 is 1. The third-order valence-electron chi connectivity index (χ3n) is 3.18. The first-order chi connectivity index (χ1) is 10.4. The summed E-state index contributed by atoms with van der Waals surface area (Å²) in [5.41, 5.74) is 1.03. The Morgan fingerprint density at radius 2 is 1.68 bits per heavy atom. The molecule has 0 heterocycles. The van der Waals surface area contributed by atoms with Crippen LogP contribution in [-0.4, -0.2) is 21.6 Å². The molecule has 4 nitrogen and oxygen atoms in total. The number of hydrogen-bond acceptors (Lipinski definition) is 3. The first-order valence-corrected chi connectivity index (χ1v) is 8.67. The van der Waals surface area contributed by atoms with E-state index < -0.39 is 10.0 Å².